The van der Waals surface area contributed by atoms with Gasteiger partial charge in [-0.1, -0.05) is 17.3 Å². The number of rotatable bonds is 6. The lowest BCUT2D eigenvalue weighted by Gasteiger charge is -2.37. The Morgan fingerprint density at radius 3 is 2.96 bits per heavy atom. The van der Waals surface area contributed by atoms with Crippen LogP contribution < -0.4 is 15.0 Å². The van der Waals surface area contributed by atoms with Gasteiger partial charge in [0.15, 0.2) is 0 Å². The number of benzene rings is 1. The molecule has 0 unspecified atom stereocenters. The highest BCUT2D eigenvalue weighted by Gasteiger charge is 2.25. The van der Waals surface area contributed by atoms with Gasteiger partial charge in [0.25, 0.3) is 0 Å². The molecule has 2 aromatic rings. The van der Waals surface area contributed by atoms with Crippen LogP contribution in [0, 0.1) is 6.92 Å². The number of anilines is 2. The fourth-order valence-corrected chi connectivity index (χ4v) is 3.03. The number of amides is 1. The van der Waals surface area contributed by atoms with E-state index in [9.17, 15) is 4.79 Å². The fraction of sp³-hybridized carbons (Fsp3) is 0.444. The molecule has 1 atom stereocenters. The van der Waals surface area contributed by atoms with Crippen LogP contribution in [0.5, 0.6) is 5.75 Å². The molecule has 0 saturated heterocycles. The Balaban J connectivity index is 1.54. The molecule has 1 aliphatic rings. The molecule has 1 aromatic heterocycles. The van der Waals surface area contributed by atoms with E-state index in [0.717, 1.165) is 30.2 Å². The molecule has 0 spiro atoms. The number of aromatic nitrogens is 1. The predicted octanol–water partition coefficient (Wildman–Crippen LogP) is 2.14. The van der Waals surface area contributed by atoms with Gasteiger partial charge in [0.05, 0.1) is 24.5 Å². The number of nitrogens with zero attached hydrogens (tertiary/aromatic N) is 3. The zero-order valence-electron chi connectivity index (χ0n) is 14.9. The second-order valence-electron chi connectivity index (χ2n) is 6.32. The maximum absolute atomic E-state index is 12.1. The summed E-state index contributed by atoms with van der Waals surface area (Å²) in [5, 5.41) is 6.46. The molecule has 134 valence electrons. The molecule has 3 rings (SSSR count). The summed E-state index contributed by atoms with van der Waals surface area (Å²) in [5.41, 5.74) is 1.86. The number of hydrogen-bond acceptors (Lipinski definition) is 6. The first-order valence-electron chi connectivity index (χ1n) is 8.47. The van der Waals surface area contributed by atoms with Crippen LogP contribution in [0.3, 0.4) is 0 Å². The molecular weight excluding hydrogens is 320 g/mol. The molecule has 25 heavy (non-hydrogen) atoms. The van der Waals surface area contributed by atoms with E-state index in [1.54, 1.807) is 6.07 Å². The lowest BCUT2D eigenvalue weighted by Crippen LogP contribution is -2.46. The topological polar surface area (TPSA) is 70.8 Å². The Bertz CT molecular complexity index is 731. The number of carbonyl (C=O) groups is 1. The van der Waals surface area contributed by atoms with Gasteiger partial charge in [0.1, 0.15) is 11.9 Å². The molecule has 0 radical (unpaired) electrons. The van der Waals surface area contributed by atoms with Crippen LogP contribution in [0.15, 0.2) is 34.9 Å². The van der Waals surface area contributed by atoms with Crippen molar-refractivity contribution in [2.24, 2.45) is 0 Å². The third-order valence-electron chi connectivity index (χ3n) is 4.12. The molecule has 0 fully saturated rings. The van der Waals surface area contributed by atoms with Crippen molar-refractivity contribution < 1.29 is 14.1 Å². The van der Waals surface area contributed by atoms with Crippen molar-refractivity contribution in [2.45, 2.75) is 20.0 Å². The SMILES string of the molecule is CCN1C[C@@H](CN(C)CC(=O)Nc2cc(C)no2)Oc2ccccc21. The van der Waals surface area contributed by atoms with E-state index in [4.69, 9.17) is 9.26 Å². The average molecular weight is 344 g/mol. The molecule has 1 amide bonds. The number of aryl methyl sites for hydroxylation is 1. The summed E-state index contributed by atoms with van der Waals surface area (Å²) in [6, 6.07) is 9.76. The van der Waals surface area contributed by atoms with E-state index >= 15 is 0 Å². The van der Waals surface area contributed by atoms with Gasteiger partial charge in [-0.25, -0.2) is 0 Å². The van der Waals surface area contributed by atoms with E-state index in [2.05, 4.69) is 28.4 Å². The molecule has 0 saturated carbocycles. The first-order valence-corrected chi connectivity index (χ1v) is 8.47. The highest BCUT2D eigenvalue weighted by molar-refractivity contribution is 5.90. The van der Waals surface area contributed by atoms with Crippen molar-refractivity contribution >= 4 is 17.5 Å². The van der Waals surface area contributed by atoms with Crippen molar-refractivity contribution in [2.75, 3.05) is 43.4 Å². The van der Waals surface area contributed by atoms with Crippen molar-refractivity contribution in [3.05, 3.63) is 36.0 Å². The minimum absolute atomic E-state index is 0.0140. The van der Waals surface area contributed by atoms with Gasteiger partial charge >= 0.3 is 0 Å². The second kappa shape index (κ2) is 7.57. The van der Waals surface area contributed by atoms with Crippen LogP contribution in [-0.2, 0) is 4.79 Å². The molecule has 1 aliphatic heterocycles. The number of carbonyl (C=O) groups excluding carboxylic acids is 1. The third-order valence-corrected chi connectivity index (χ3v) is 4.12. The Kier molecular flexibility index (Phi) is 5.23. The maximum Gasteiger partial charge on any atom is 0.240 e. The van der Waals surface area contributed by atoms with Gasteiger partial charge in [0.2, 0.25) is 11.8 Å². The van der Waals surface area contributed by atoms with Crippen molar-refractivity contribution in [3.8, 4) is 5.75 Å². The Morgan fingerprint density at radius 1 is 1.44 bits per heavy atom. The van der Waals surface area contributed by atoms with Gasteiger partial charge in [0, 0.05) is 19.2 Å². The summed E-state index contributed by atoms with van der Waals surface area (Å²) in [6.07, 6.45) is 0.0140. The normalized spacial score (nSPS) is 16.5. The van der Waals surface area contributed by atoms with Crippen molar-refractivity contribution in [1.82, 2.24) is 10.1 Å². The zero-order valence-corrected chi connectivity index (χ0v) is 14.9. The van der Waals surface area contributed by atoms with E-state index in [1.165, 1.54) is 0 Å². The minimum Gasteiger partial charge on any atom is -0.485 e. The number of hydrogen-bond donors (Lipinski definition) is 1. The highest BCUT2D eigenvalue weighted by atomic mass is 16.5. The second-order valence-corrected chi connectivity index (χ2v) is 6.32. The summed E-state index contributed by atoms with van der Waals surface area (Å²) >= 11 is 0. The molecule has 7 heteroatoms. The lowest BCUT2D eigenvalue weighted by molar-refractivity contribution is -0.117. The lowest BCUT2D eigenvalue weighted by atomic mass is 10.2. The number of fused-ring (bicyclic) bond motifs is 1. The molecule has 1 N–H and O–H groups in total. The van der Waals surface area contributed by atoms with E-state index < -0.39 is 0 Å². The maximum atomic E-state index is 12.1. The molecular formula is C18H24N4O3. The molecule has 1 aromatic carbocycles. The monoisotopic (exact) mass is 344 g/mol. The molecule has 2 heterocycles. The summed E-state index contributed by atoms with van der Waals surface area (Å²) in [6.45, 7) is 6.59. The summed E-state index contributed by atoms with van der Waals surface area (Å²) in [4.78, 5) is 16.4. The van der Waals surface area contributed by atoms with Crippen molar-refractivity contribution in [3.63, 3.8) is 0 Å². The Labute approximate surface area is 147 Å². The molecule has 0 aliphatic carbocycles. The van der Waals surface area contributed by atoms with Crippen LogP contribution in [0.2, 0.25) is 0 Å². The van der Waals surface area contributed by atoms with Gasteiger partial charge < -0.3 is 14.2 Å². The van der Waals surface area contributed by atoms with Gasteiger partial charge in [-0.3, -0.25) is 15.0 Å². The number of para-hydroxylation sites is 2. The van der Waals surface area contributed by atoms with E-state index in [-0.39, 0.29) is 18.6 Å². The van der Waals surface area contributed by atoms with Gasteiger partial charge in [-0.15, -0.1) is 0 Å². The first kappa shape index (κ1) is 17.3. The van der Waals surface area contributed by atoms with Crippen LogP contribution in [0.1, 0.15) is 12.6 Å². The number of nitrogens with one attached hydrogen (secondary N) is 1. The predicted molar refractivity (Wildman–Crippen MR) is 96.1 cm³/mol. The number of ether oxygens (including phenoxy) is 1. The summed E-state index contributed by atoms with van der Waals surface area (Å²) in [7, 11) is 1.91. The molecule has 0 bridgehead atoms. The quantitative estimate of drug-likeness (QED) is 0.866. The molecule has 7 nitrogen and oxygen atoms in total. The number of likely N-dealkylation sites (N-methyl/N-ethyl adjacent to an activating group) is 2. The third kappa shape index (κ3) is 4.30. The van der Waals surface area contributed by atoms with Crippen LogP contribution in [0.25, 0.3) is 0 Å². The minimum atomic E-state index is -0.137. The van der Waals surface area contributed by atoms with Gasteiger partial charge in [-0.2, -0.15) is 0 Å². The average Bonchev–Trinajstić information content (AvgIpc) is 2.98. The largest absolute Gasteiger partial charge is 0.485 e. The smallest absolute Gasteiger partial charge is 0.240 e. The van der Waals surface area contributed by atoms with E-state index in [0.29, 0.717) is 12.4 Å². The fourth-order valence-electron chi connectivity index (χ4n) is 3.03. The van der Waals surface area contributed by atoms with Gasteiger partial charge in [-0.05, 0) is 33.0 Å². The zero-order chi connectivity index (χ0) is 17.8. The Morgan fingerprint density at radius 2 is 2.24 bits per heavy atom. The van der Waals surface area contributed by atoms with Crippen LogP contribution in [-0.4, -0.2) is 55.3 Å². The van der Waals surface area contributed by atoms with Crippen molar-refractivity contribution in [1.29, 1.82) is 0 Å². The Hall–Kier alpha value is -2.54. The van der Waals surface area contributed by atoms with Crippen LogP contribution in [0.4, 0.5) is 11.6 Å². The summed E-state index contributed by atoms with van der Waals surface area (Å²) < 4.78 is 11.1. The van der Waals surface area contributed by atoms with Crippen LogP contribution >= 0.6 is 0 Å². The van der Waals surface area contributed by atoms with E-state index in [1.807, 2.05) is 37.1 Å². The summed E-state index contributed by atoms with van der Waals surface area (Å²) in [5.74, 6) is 1.13. The first-order chi connectivity index (χ1) is 12.0. The highest BCUT2D eigenvalue weighted by Crippen LogP contribution is 2.32. The standard InChI is InChI=1S/C18H24N4O3/c1-4-22-11-14(24-16-8-6-5-7-15(16)22)10-21(3)12-17(23)19-18-9-13(2)20-25-18/h5-9,14H,4,10-12H2,1-3H3,(H,19,23)/t14-/m1/s1.